The molecule has 130 valence electrons. The lowest BCUT2D eigenvalue weighted by molar-refractivity contribution is -0.138. The molecule has 1 aliphatic rings. The van der Waals surface area contributed by atoms with E-state index in [1.165, 1.54) is 4.90 Å². The Balaban J connectivity index is 2.50. The van der Waals surface area contributed by atoms with Gasteiger partial charge in [0.1, 0.15) is 12.6 Å². The molecular weight excluding hydrogens is 387 g/mol. The second-order valence-corrected chi connectivity index (χ2v) is 6.20. The van der Waals surface area contributed by atoms with Crippen molar-refractivity contribution in [3.63, 3.8) is 0 Å². The Morgan fingerprint density at radius 2 is 1.78 bits per heavy atom. The molecule has 1 fully saturated rings. The van der Waals surface area contributed by atoms with Gasteiger partial charge in [0, 0.05) is 30.7 Å². The van der Waals surface area contributed by atoms with E-state index in [0.717, 1.165) is 18.2 Å². The maximum Gasteiger partial charge on any atom is 0.416 e. The van der Waals surface area contributed by atoms with E-state index in [0.29, 0.717) is 13.1 Å². The summed E-state index contributed by atoms with van der Waals surface area (Å²) in [4.78, 5) is 1.40. The highest BCUT2D eigenvalue weighted by atomic mass is 79.9. The molecule has 0 bridgehead atoms. The largest absolute Gasteiger partial charge is 0.416 e. The molecule has 1 saturated heterocycles. The number of nitrogens with zero attached hydrogens (tertiary/aromatic N) is 1. The fourth-order valence-corrected chi connectivity index (χ4v) is 3.11. The van der Waals surface area contributed by atoms with E-state index in [-0.39, 0.29) is 23.1 Å². The predicted molar refractivity (Wildman–Crippen MR) is 78.4 cm³/mol. The number of benzene rings is 1. The molecule has 1 aliphatic heterocycles. The number of aliphatic hydroxyl groups is 1. The molecule has 1 atom stereocenters. The van der Waals surface area contributed by atoms with Crippen LogP contribution in [0.1, 0.15) is 17.2 Å². The van der Waals surface area contributed by atoms with E-state index in [9.17, 15) is 22.0 Å². The van der Waals surface area contributed by atoms with Crippen molar-refractivity contribution in [2.75, 3.05) is 32.8 Å². The summed E-state index contributed by atoms with van der Waals surface area (Å²) in [5, 5.41) is 12.0. The Bertz CT molecular complexity index is 546. The molecule has 23 heavy (non-hydrogen) atoms. The third kappa shape index (κ3) is 4.20. The average molecular weight is 403 g/mol. The minimum atomic E-state index is -4.63. The summed E-state index contributed by atoms with van der Waals surface area (Å²) in [5.41, 5.74) is -1.18. The van der Waals surface area contributed by atoms with Gasteiger partial charge < -0.3 is 10.4 Å². The molecule has 0 saturated carbocycles. The average Bonchev–Trinajstić information content (AvgIpc) is 2.49. The fraction of sp³-hybridized carbons (Fsp3) is 0.571. The van der Waals surface area contributed by atoms with Crippen LogP contribution in [0.2, 0.25) is 0 Å². The Morgan fingerprint density at radius 3 is 2.30 bits per heavy atom. The van der Waals surface area contributed by atoms with Gasteiger partial charge >= 0.3 is 6.18 Å². The normalized spacial score (nSPS) is 18.9. The molecule has 3 nitrogen and oxygen atoms in total. The number of hydrogen-bond acceptors (Lipinski definition) is 3. The topological polar surface area (TPSA) is 35.5 Å². The van der Waals surface area contributed by atoms with Crippen molar-refractivity contribution >= 4 is 15.9 Å². The van der Waals surface area contributed by atoms with Gasteiger partial charge in [-0.3, -0.25) is 4.90 Å². The molecule has 9 heteroatoms. The van der Waals surface area contributed by atoms with Crippen LogP contribution in [0.4, 0.5) is 22.0 Å². The SMILES string of the molecule is OCC(F)(F)[C@H](c1cc(C(F)(F)F)ccc1Br)N1CCNCC1. The van der Waals surface area contributed by atoms with E-state index in [2.05, 4.69) is 21.2 Å². The van der Waals surface area contributed by atoms with Crippen LogP contribution in [0.5, 0.6) is 0 Å². The molecule has 0 unspecified atom stereocenters. The minimum absolute atomic E-state index is 0.155. The summed E-state index contributed by atoms with van der Waals surface area (Å²) in [6.45, 7) is -0.0284. The Labute approximate surface area is 138 Å². The van der Waals surface area contributed by atoms with Crippen molar-refractivity contribution in [1.29, 1.82) is 0 Å². The molecule has 0 aliphatic carbocycles. The quantitative estimate of drug-likeness (QED) is 0.759. The third-order valence-corrected chi connectivity index (χ3v) is 4.47. The summed E-state index contributed by atoms with van der Waals surface area (Å²) in [6, 6.07) is 1.03. The molecule has 1 aromatic carbocycles. The van der Waals surface area contributed by atoms with E-state index < -0.39 is 30.3 Å². The monoisotopic (exact) mass is 402 g/mol. The Morgan fingerprint density at radius 1 is 1.17 bits per heavy atom. The van der Waals surface area contributed by atoms with Crippen LogP contribution in [-0.2, 0) is 6.18 Å². The number of nitrogens with one attached hydrogen (secondary N) is 1. The standard InChI is InChI=1S/C14H16BrF5N2O/c15-11-2-1-9(14(18,19)20)7-10(11)12(13(16,17)8-23)22-5-3-21-4-6-22/h1-2,7,12,21,23H,3-6,8H2/t12-/m0/s1. The first-order chi connectivity index (χ1) is 10.7. The molecule has 2 N–H and O–H groups in total. The molecule has 0 radical (unpaired) electrons. The van der Waals surface area contributed by atoms with Gasteiger partial charge in [-0.25, -0.2) is 8.78 Å². The van der Waals surface area contributed by atoms with Crippen LogP contribution in [0.25, 0.3) is 0 Å². The van der Waals surface area contributed by atoms with E-state index in [4.69, 9.17) is 5.11 Å². The maximum atomic E-state index is 14.3. The van der Waals surface area contributed by atoms with Gasteiger partial charge in [0.2, 0.25) is 0 Å². The summed E-state index contributed by atoms with van der Waals surface area (Å²) < 4.78 is 67.4. The zero-order valence-electron chi connectivity index (χ0n) is 12.0. The number of alkyl halides is 5. The molecule has 2 rings (SSSR count). The maximum absolute atomic E-state index is 14.3. The van der Waals surface area contributed by atoms with Gasteiger partial charge in [-0.15, -0.1) is 0 Å². The summed E-state index contributed by atoms with van der Waals surface area (Å²) in [5.74, 6) is -3.57. The van der Waals surface area contributed by atoms with Crippen LogP contribution >= 0.6 is 15.9 Å². The summed E-state index contributed by atoms with van der Waals surface area (Å²) in [6.07, 6.45) is -4.63. The molecule has 1 aromatic rings. The number of rotatable bonds is 4. The first-order valence-electron chi connectivity index (χ1n) is 6.97. The van der Waals surface area contributed by atoms with E-state index in [1.807, 2.05) is 0 Å². The van der Waals surface area contributed by atoms with Gasteiger partial charge in [-0.05, 0) is 23.8 Å². The van der Waals surface area contributed by atoms with Crippen molar-refractivity contribution in [3.8, 4) is 0 Å². The van der Waals surface area contributed by atoms with E-state index in [1.54, 1.807) is 0 Å². The summed E-state index contributed by atoms with van der Waals surface area (Å²) in [7, 11) is 0. The van der Waals surface area contributed by atoms with Crippen LogP contribution in [0, 0.1) is 0 Å². The molecule has 0 spiro atoms. The smallest absolute Gasteiger partial charge is 0.390 e. The van der Waals surface area contributed by atoms with Gasteiger partial charge in [0.25, 0.3) is 5.92 Å². The summed E-state index contributed by atoms with van der Waals surface area (Å²) >= 11 is 3.06. The highest BCUT2D eigenvalue weighted by molar-refractivity contribution is 9.10. The zero-order chi connectivity index (χ0) is 17.3. The van der Waals surface area contributed by atoms with Crippen molar-refractivity contribution in [2.24, 2.45) is 0 Å². The van der Waals surface area contributed by atoms with Crippen molar-refractivity contribution in [3.05, 3.63) is 33.8 Å². The lowest BCUT2D eigenvalue weighted by Gasteiger charge is -2.39. The second kappa shape index (κ2) is 7.00. The highest BCUT2D eigenvalue weighted by Gasteiger charge is 2.45. The number of halogens is 6. The lowest BCUT2D eigenvalue weighted by atomic mass is 9.96. The fourth-order valence-electron chi connectivity index (χ4n) is 2.65. The van der Waals surface area contributed by atoms with Crippen molar-refractivity contribution < 1.29 is 27.1 Å². The first-order valence-corrected chi connectivity index (χ1v) is 7.76. The highest BCUT2D eigenvalue weighted by Crippen LogP contribution is 2.42. The van der Waals surface area contributed by atoms with Gasteiger partial charge in [-0.2, -0.15) is 13.2 Å². The van der Waals surface area contributed by atoms with Crippen LogP contribution in [0.3, 0.4) is 0 Å². The van der Waals surface area contributed by atoms with Gasteiger partial charge in [0.15, 0.2) is 0 Å². The Kier molecular flexibility index (Phi) is 5.65. The first kappa shape index (κ1) is 18.6. The molecular formula is C14H16BrF5N2O. The van der Waals surface area contributed by atoms with Crippen LogP contribution < -0.4 is 5.32 Å². The van der Waals surface area contributed by atoms with Crippen molar-refractivity contribution in [1.82, 2.24) is 10.2 Å². The number of aliphatic hydroxyl groups excluding tert-OH is 1. The minimum Gasteiger partial charge on any atom is -0.390 e. The van der Waals surface area contributed by atoms with Crippen molar-refractivity contribution in [2.45, 2.75) is 18.1 Å². The Hall–Kier alpha value is -0.770. The second-order valence-electron chi connectivity index (χ2n) is 5.34. The van der Waals surface area contributed by atoms with Gasteiger partial charge in [-0.1, -0.05) is 15.9 Å². The number of piperazine rings is 1. The zero-order valence-corrected chi connectivity index (χ0v) is 13.6. The van der Waals surface area contributed by atoms with Crippen LogP contribution in [0.15, 0.2) is 22.7 Å². The van der Waals surface area contributed by atoms with E-state index >= 15 is 0 Å². The number of hydrogen-bond donors (Lipinski definition) is 2. The van der Waals surface area contributed by atoms with Crippen LogP contribution in [-0.4, -0.2) is 48.7 Å². The molecule has 1 heterocycles. The molecule has 0 aromatic heterocycles. The third-order valence-electron chi connectivity index (χ3n) is 3.75. The predicted octanol–water partition coefficient (Wildman–Crippen LogP) is 3.04. The lowest BCUT2D eigenvalue weighted by Crippen LogP contribution is -2.51. The molecule has 0 amide bonds. The van der Waals surface area contributed by atoms with Gasteiger partial charge in [0.05, 0.1) is 5.56 Å².